The lowest BCUT2D eigenvalue weighted by molar-refractivity contribution is 1.04. The first-order chi connectivity index (χ1) is 9.83. The Kier molecular flexibility index (Phi) is 3.42. The largest absolute Gasteiger partial charge is 0.368 e. The summed E-state index contributed by atoms with van der Waals surface area (Å²) in [7, 11) is 0. The summed E-state index contributed by atoms with van der Waals surface area (Å²) in [5.41, 5.74) is 10.0. The Hall–Kier alpha value is -2.68. The molecule has 0 saturated carbocycles. The van der Waals surface area contributed by atoms with E-state index in [9.17, 15) is 0 Å². The third-order valence-electron chi connectivity index (χ3n) is 3.19. The number of rotatable bonds is 3. The Balaban J connectivity index is 2.03. The lowest BCUT2D eigenvalue weighted by Gasteiger charge is -2.09. The molecular formula is C17H15N3. The summed E-state index contributed by atoms with van der Waals surface area (Å²) in [6.45, 7) is 0. The predicted molar refractivity (Wildman–Crippen MR) is 81.1 cm³/mol. The van der Waals surface area contributed by atoms with Crippen LogP contribution < -0.4 is 5.73 Å². The Morgan fingerprint density at radius 3 is 2.20 bits per heavy atom. The van der Waals surface area contributed by atoms with Crippen molar-refractivity contribution in [2.24, 2.45) is 0 Å². The predicted octanol–water partition coefficient (Wildman–Crippen LogP) is 3.32. The van der Waals surface area contributed by atoms with Crippen LogP contribution >= 0.6 is 0 Å². The molecule has 3 heteroatoms. The molecule has 2 aromatic carbocycles. The highest BCUT2D eigenvalue weighted by molar-refractivity contribution is 5.66. The summed E-state index contributed by atoms with van der Waals surface area (Å²) < 4.78 is 0. The van der Waals surface area contributed by atoms with Crippen molar-refractivity contribution < 1.29 is 0 Å². The van der Waals surface area contributed by atoms with Gasteiger partial charge in [-0.15, -0.1) is 0 Å². The van der Waals surface area contributed by atoms with Crippen LogP contribution in [0.3, 0.4) is 0 Å². The minimum atomic E-state index is 0.315. The SMILES string of the molecule is Nc1ncc(-c2ccccc2)c(Cc2ccccc2)n1. The van der Waals surface area contributed by atoms with Crippen molar-refractivity contribution in [2.75, 3.05) is 5.73 Å². The van der Waals surface area contributed by atoms with Gasteiger partial charge < -0.3 is 5.73 Å². The van der Waals surface area contributed by atoms with Gasteiger partial charge in [0.2, 0.25) is 5.95 Å². The summed E-state index contributed by atoms with van der Waals surface area (Å²) in [6, 6.07) is 20.4. The summed E-state index contributed by atoms with van der Waals surface area (Å²) >= 11 is 0. The van der Waals surface area contributed by atoms with E-state index in [1.807, 2.05) is 36.4 Å². The zero-order chi connectivity index (χ0) is 13.8. The average molecular weight is 261 g/mol. The zero-order valence-electron chi connectivity index (χ0n) is 11.0. The summed E-state index contributed by atoms with van der Waals surface area (Å²) in [4.78, 5) is 8.54. The highest BCUT2D eigenvalue weighted by atomic mass is 15.0. The quantitative estimate of drug-likeness (QED) is 0.787. The number of nitrogens with two attached hydrogens (primary N) is 1. The third kappa shape index (κ3) is 2.67. The number of anilines is 1. The lowest BCUT2D eigenvalue weighted by atomic mass is 10.0. The van der Waals surface area contributed by atoms with Gasteiger partial charge in [-0.2, -0.15) is 0 Å². The monoisotopic (exact) mass is 261 g/mol. The van der Waals surface area contributed by atoms with Crippen molar-refractivity contribution in [1.82, 2.24) is 9.97 Å². The van der Waals surface area contributed by atoms with Crippen LogP contribution in [0, 0.1) is 0 Å². The molecule has 0 bridgehead atoms. The number of nitrogen functional groups attached to an aromatic ring is 1. The first-order valence-electron chi connectivity index (χ1n) is 6.53. The van der Waals surface area contributed by atoms with Crippen LogP contribution in [0.15, 0.2) is 66.9 Å². The molecule has 0 fully saturated rings. The van der Waals surface area contributed by atoms with Crippen LogP contribution in [-0.2, 0) is 6.42 Å². The Bertz CT molecular complexity index is 694. The number of nitrogens with zero attached hydrogens (tertiary/aromatic N) is 2. The topological polar surface area (TPSA) is 51.8 Å². The fraction of sp³-hybridized carbons (Fsp3) is 0.0588. The van der Waals surface area contributed by atoms with Crippen LogP contribution in [0.4, 0.5) is 5.95 Å². The molecule has 20 heavy (non-hydrogen) atoms. The van der Waals surface area contributed by atoms with Gasteiger partial charge >= 0.3 is 0 Å². The first kappa shape index (κ1) is 12.4. The Morgan fingerprint density at radius 1 is 0.850 bits per heavy atom. The van der Waals surface area contributed by atoms with E-state index in [4.69, 9.17) is 5.73 Å². The van der Waals surface area contributed by atoms with Gasteiger partial charge in [0.1, 0.15) is 0 Å². The first-order valence-corrected chi connectivity index (χ1v) is 6.53. The maximum absolute atomic E-state index is 5.74. The van der Waals surface area contributed by atoms with Crippen LogP contribution in [0.5, 0.6) is 0 Å². The molecule has 0 aliphatic rings. The van der Waals surface area contributed by atoms with Gasteiger partial charge in [-0.3, -0.25) is 0 Å². The molecule has 1 aromatic heterocycles. The molecule has 0 radical (unpaired) electrons. The second kappa shape index (κ2) is 5.53. The van der Waals surface area contributed by atoms with E-state index in [0.717, 1.165) is 23.2 Å². The number of hydrogen-bond acceptors (Lipinski definition) is 3. The van der Waals surface area contributed by atoms with Crippen molar-refractivity contribution >= 4 is 5.95 Å². The molecule has 3 nitrogen and oxygen atoms in total. The van der Waals surface area contributed by atoms with Crippen LogP contribution in [0.1, 0.15) is 11.3 Å². The highest BCUT2D eigenvalue weighted by Crippen LogP contribution is 2.24. The lowest BCUT2D eigenvalue weighted by Crippen LogP contribution is -2.02. The minimum absolute atomic E-state index is 0.315. The standard InChI is InChI=1S/C17H15N3/c18-17-19-12-15(14-9-5-2-6-10-14)16(20-17)11-13-7-3-1-4-8-13/h1-10,12H,11H2,(H2,18,19,20). The van der Waals surface area contributed by atoms with E-state index >= 15 is 0 Å². The molecule has 0 amide bonds. The van der Waals surface area contributed by atoms with Gasteiger partial charge in [0.25, 0.3) is 0 Å². The van der Waals surface area contributed by atoms with Crippen molar-refractivity contribution in [3.8, 4) is 11.1 Å². The van der Waals surface area contributed by atoms with Gasteiger partial charge in [0.05, 0.1) is 5.69 Å². The average Bonchev–Trinajstić information content (AvgIpc) is 2.49. The highest BCUT2D eigenvalue weighted by Gasteiger charge is 2.08. The number of hydrogen-bond donors (Lipinski definition) is 1. The van der Waals surface area contributed by atoms with E-state index in [1.165, 1.54) is 5.56 Å². The number of aromatic nitrogens is 2. The fourth-order valence-corrected chi connectivity index (χ4v) is 2.22. The molecule has 0 spiro atoms. The maximum atomic E-state index is 5.74. The normalized spacial score (nSPS) is 10.4. The molecular weight excluding hydrogens is 246 g/mol. The molecule has 0 atom stereocenters. The van der Waals surface area contributed by atoms with E-state index in [0.29, 0.717) is 5.95 Å². The Labute approximate surface area is 118 Å². The van der Waals surface area contributed by atoms with Crippen molar-refractivity contribution in [2.45, 2.75) is 6.42 Å². The zero-order valence-corrected chi connectivity index (χ0v) is 11.0. The number of benzene rings is 2. The van der Waals surface area contributed by atoms with Crippen LogP contribution in [0.25, 0.3) is 11.1 Å². The van der Waals surface area contributed by atoms with E-state index < -0.39 is 0 Å². The van der Waals surface area contributed by atoms with Crippen molar-refractivity contribution in [3.63, 3.8) is 0 Å². The molecule has 1 heterocycles. The van der Waals surface area contributed by atoms with Gasteiger partial charge in [-0.1, -0.05) is 60.7 Å². The van der Waals surface area contributed by atoms with Crippen molar-refractivity contribution in [1.29, 1.82) is 0 Å². The fourth-order valence-electron chi connectivity index (χ4n) is 2.22. The van der Waals surface area contributed by atoms with Gasteiger partial charge in [-0.25, -0.2) is 9.97 Å². The van der Waals surface area contributed by atoms with E-state index in [1.54, 1.807) is 6.20 Å². The second-order valence-electron chi connectivity index (χ2n) is 4.62. The minimum Gasteiger partial charge on any atom is -0.368 e. The molecule has 0 aliphatic heterocycles. The molecule has 0 unspecified atom stereocenters. The molecule has 98 valence electrons. The Morgan fingerprint density at radius 2 is 1.50 bits per heavy atom. The molecule has 2 N–H and O–H groups in total. The van der Waals surface area contributed by atoms with Crippen LogP contribution in [-0.4, -0.2) is 9.97 Å². The molecule has 0 saturated heterocycles. The smallest absolute Gasteiger partial charge is 0.220 e. The van der Waals surface area contributed by atoms with Crippen LogP contribution in [0.2, 0.25) is 0 Å². The molecule has 0 aliphatic carbocycles. The van der Waals surface area contributed by atoms with E-state index in [-0.39, 0.29) is 0 Å². The van der Waals surface area contributed by atoms with Gasteiger partial charge in [-0.05, 0) is 11.1 Å². The van der Waals surface area contributed by atoms with Gasteiger partial charge in [0, 0.05) is 18.2 Å². The van der Waals surface area contributed by atoms with Gasteiger partial charge in [0.15, 0.2) is 0 Å². The summed E-state index contributed by atoms with van der Waals surface area (Å²) in [5.74, 6) is 0.315. The van der Waals surface area contributed by atoms with Crippen molar-refractivity contribution in [3.05, 3.63) is 78.1 Å². The summed E-state index contributed by atoms with van der Waals surface area (Å²) in [6.07, 6.45) is 2.55. The second-order valence-corrected chi connectivity index (χ2v) is 4.62. The molecule has 3 rings (SSSR count). The molecule has 3 aromatic rings. The maximum Gasteiger partial charge on any atom is 0.220 e. The van der Waals surface area contributed by atoms with E-state index in [2.05, 4.69) is 34.2 Å². The summed E-state index contributed by atoms with van der Waals surface area (Å²) in [5, 5.41) is 0. The third-order valence-corrected chi connectivity index (χ3v) is 3.19.